The number of piperidine rings is 1. The summed E-state index contributed by atoms with van der Waals surface area (Å²) in [7, 11) is 1.47. The number of carbonyl (C=O) groups is 1. The van der Waals surface area contributed by atoms with Crippen molar-refractivity contribution < 1.29 is 9.53 Å². The van der Waals surface area contributed by atoms with Crippen LogP contribution >= 0.6 is 12.1 Å². The van der Waals surface area contributed by atoms with Crippen molar-refractivity contribution in [2.45, 2.75) is 71.0 Å². The highest BCUT2D eigenvalue weighted by Crippen LogP contribution is 2.40. The summed E-state index contributed by atoms with van der Waals surface area (Å²) in [5, 5.41) is 0. The molecule has 1 aliphatic carbocycles. The molecule has 4 rings (SSSR count). The standard InChI is InChI=1S/C24H37N3O2S/c1-18(2)19-8-10-21(11-9-19)25-14-12-22(13-15-25)27-23-7-5-4-6-20(23)16-26(30-27)17-24(28)29-3/h4-7,18-19,21-22H,8-17H2,1-3H3. The summed E-state index contributed by atoms with van der Waals surface area (Å²) in [4.78, 5) is 14.6. The first-order valence-corrected chi connectivity index (χ1v) is 12.4. The molecule has 1 aromatic rings. The summed E-state index contributed by atoms with van der Waals surface area (Å²) >= 11 is 1.71. The Kier molecular flexibility index (Phi) is 7.27. The number of esters is 1. The van der Waals surface area contributed by atoms with Gasteiger partial charge < -0.3 is 9.64 Å². The van der Waals surface area contributed by atoms with Crippen molar-refractivity contribution in [2.24, 2.45) is 11.8 Å². The largest absolute Gasteiger partial charge is 0.468 e. The van der Waals surface area contributed by atoms with Crippen molar-refractivity contribution in [3.8, 4) is 0 Å². The van der Waals surface area contributed by atoms with E-state index in [9.17, 15) is 4.79 Å². The first-order chi connectivity index (χ1) is 14.5. The number of ether oxygens (including phenoxy) is 1. The molecule has 0 spiro atoms. The van der Waals surface area contributed by atoms with E-state index >= 15 is 0 Å². The minimum atomic E-state index is -0.173. The van der Waals surface area contributed by atoms with Gasteiger partial charge in [0.2, 0.25) is 0 Å². The number of para-hydroxylation sites is 1. The molecule has 0 atom stereocenters. The number of rotatable bonds is 5. The number of hydrogen-bond donors (Lipinski definition) is 0. The quantitative estimate of drug-likeness (QED) is 0.496. The van der Waals surface area contributed by atoms with Gasteiger partial charge in [0.05, 0.1) is 12.8 Å². The third-order valence-corrected chi connectivity index (χ3v) is 8.50. The molecule has 6 heteroatoms. The van der Waals surface area contributed by atoms with E-state index in [0.29, 0.717) is 12.6 Å². The lowest BCUT2D eigenvalue weighted by Crippen LogP contribution is -2.49. The molecule has 2 aliphatic heterocycles. The van der Waals surface area contributed by atoms with E-state index in [-0.39, 0.29) is 5.97 Å². The topological polar surface area (TPSA) is 36.0 Å². The van der Waals surface area contributed by atoms with Crippen LogP contribution < -0.4 is 4.31 Å². The SMILES string of the molecule is COC(=O)CN1Cc2ccccc2N(C2CCN(C3CCC(C(C)C)CC3)CC2)S1. The van der Waals surface area contributed by atoms with Crippen LogP contribution in [-0.2, 0) is 16.1 Å². The van der Waals surface area contributed by atoms with Crippen LogP contribution in [0.2, 0.25) is 0 Å². The molecule has 0 aromatic heterocycles. The van der Waals surface area contributed by atoms with Crippen molar-refractivity contribution in [3.63, 3.8) is 0 Å². The molecular formula is C24H37N3O2S. The molecule has 5 nitrogen and oxygen atoms in total. The number of fused-ring (bicyclic) bond motifs is 1. The van der Waals surface area contributed by atoms with Gasteiger partial charge in [0.15, 0.2) is 0 Å². The minimum Gasteiger partial charge on any atom is -0.468 e. The van der Waals surface area contributed by atoms with Crippen LogP contribution in [0, 0.1) is 11.8 Å². The summed E-state index contributed by atoms with van der Waals surface area (Å²) in [5.41, 5.74) is 2.62. The van der Waals surface area contributed by atoms with E-state index in [0.717, 1.165) is 24.4 Å². The van der Waals surface area contributed by atoms with Gasteiger partial charge in [-0.2, -0.15) is 0 Å². The second-order valence-corrected chi connectivity index (χ2v) is 10.6. The highest BCUT2D eigenvalue weighted by molar-refractivity contribution is 7.98. The maximum atomic E-state index is 11.9. The van der Waals surface area contributed by atoms with Crippen LogP contribution in [0.25, 0.3) is 0 Å². The summed E-state index contributed by atoms with van der Waals surface area (Å²) in [5.74, 6) is 1.59. The van der Waals surface area contributed by atoms with Gasteiger partial charge in [-0.1, -0.05) is 32.0 Å². The van der Waals surface area contributed by atoms with E-state index in [1.807, 2.05) is 0 Å². The molecule has 1 saturated carbocycles. The number of benzene rings is 1. The van der Waals surface area contributed by atoms with Gasteiger partial charge in [-0.05, 0) is 62.0 Å². The van der Waals surface area contributed by atoms with Crippen LogP contribution in [0.5, 0.6) is 0 Å². The fourth-order valence-electron chi connectivity index (χ4n) is 5.42. The molecule has 1 aromatic carbocycles. The summed E-state index contributed by atoms with van der Waals surface area (Å²) in [6.45, 7) is 8.26. The molecule has 1 saturated heterocycles. The van der Waals surface area contributed by atoms with Gasteiger partial charge in [-0.3, -0.25) is 9.10 Å². The van der Waals surface area contributed by atoms with E-state index < -0.39 is 0 Å². The Labute approximate surface area is 186 Å². The third kappa shape index (κ3) is 4.97. The van der Waals surface area contributed by atoms with E-state index in [4.69, 9.17) is 4.74 Å². The monoisotopic (exact) mass is 431 g/mol. The number of nitrogens with zero attached hydrogens (tertiary/aromatic N) is 3. The third-order valence-electron chi connectivity index (χ3n) is 7.34. The van der Waals surface area contributed by atoms with Gasteiger partial charge in [0.1, 0.15) is 6.54 Å². The van der Waals surface area contributed by atoms with Crippen LogP contribution in [0.3, 0.4) is 0 Å². The molecule has 3 aliphatic rings. The molecule has 30 heavy (non-hydrogen) atoms. The molecule has 0 amide bonds. The predicted molar refractivity (Wildman–Crippen MR) is 124 cm³/mol. The van der Waals surface area contributed by atoms with Crippen LogP contribution in [-0.4, -0.2) is 54.0 Å². The molecule has 0 radical (unpaired) electrons. The number of hydrogen-bond acceptors (Lipinski definition) is 6. The molecule has 2 fully saturated rings. The second kappa shape index (κ2) is 9.92. The molecule has 0 N–H and O–H groups in total. The Morgan fingerprint density at radius 1 is 1.07 bits per heavy atom. The average molecular weight is 432 g/mol. The zero-order valence-corrected chi connectivity index (χ0v) is 19.6. The van der Waals surface area contributed by atoms with Crippen molar-refractivity contribution in [1.29, 1.82) is 0 Å². The lowest BCUT2D eigenvalue weighted by Gasteiger charge is -2.46. The van der Waals surface area contributed by atoms with Crippen LogP contribution in [0.4, 0.5) is 5.69 Å². The summed E-state index contributed by atoms with van der Waals surface area (Å²) in [6, 6.07) is 9.95. The van der Waals surface area contributed by atoms with Gasteiger partial charge in [0, 0.05) is 43.9 Å². The lowest BCUT2D eigenvalue weighted by molar-refractivity contribution is -0.140. The van der Waals surface area contributed by atoms with Crippen LogP contribution in [0.15, 0.2) is 24.3 Å². The van der Waals surface area contributed by atoms with Crippen molar-refractivity contribution in [2.75, 3.05) is 31.0 Å². The predicted octanol–water partition coefficient (Wildman–Crippen LogP) is 4.72. The zero-order chi connectivity index (χ0) is 21.1. The Morgan fingerprint density at radius 2 is 1.77 bits per heavy atom. The Hall–Kier alpha value is -1.24. The lowest BCUT2D eigenvalue weighted by atomic mass is 9.79. The molecule has 166 valence electrons. The molecule has 2 heterocycles. The van der Waals surface area contributed by atoms with Crippen LogP contribution in [0.1, 0.15) is 57.9 Å². The average Bonchev–Trinajstić information content (AvgIpc) is 2.78. The fourth-order valence-corrected chi connectivity index (χ4v) is 6.64. The van der Waals surface area contributed by atoms with Crippen molar-refractivity contribution >= 4 is 23.8 Å². The van der Waals surface area contributed by atoms with Crippen molar-refractivity contribution in [3.05, 3.63) is 29.8 Å². The Balaban J connectivity index is 1.37. The Bertz CT molecular complexity index is 712. The molecule has 0 unspecified atom stereocenters. The Morgan fingerprint density at radius 3 is 2.43 bits per heavy atom. The maximum Gasteiger partial charge on any atom is 0.320 e. The minimum absolute atomic E-state index is 0.173. The van der Waals surface area contributed by atoms with E-state index in [2.05, 4.69) is 51.6 Å². The first kappa shape index (κ1) is 22.0. The summed E-state index contributed by atoms with van der Waals surface area (Å²) in [6.07, 6.45) is 7.94. The second-order valence-electron chi connectivity index (χ2n) is 9.49. The number of methoxy groups -OCH3 is 1. The number of anilines is 1. The zero-order valence-electron chi connectivity index (χ0n) is 18.8. The molecule has 0 bridgehead atoms. The van der Waals surface area contributed by atoms with E-state index in [1.54, 1.807) is 12.1 Å². The summed E-state index contributed by atoms with van der Waals surface area (Å²) < 4.78 is 9.51. The van der Waals surface area contributed by atoms with E-state index in [1.165, 1.54) is 70.0 Å². The van der Waals surface area contributed by atoms with Gasteiger partial charge in [-0.25, -0.2) is 4.31 Å². The maximum absolute atomic E-state index is 11.9. The van der Waals surface area contributed by atoms with Gasteiger partial charge in [0.25, 0.3) is 0 Å². The highest BCUT2D eigenvalue weighted by Gasteiger charge is 2.35. The van der Waals surface area contributed by atoms with Gasteiger partial charge >= 0.3 is 5.97 Å². The number of likely N-dealkylation sites (tertiary alicyclic amines) is 1. The fraction of sp³-hybridized carbons (Fsp3) is 0.708. The highest BCUT2D eigenvalue weighted by atomic mass is 32.2. The molecular weight excluding hydrogens is 394 g/mol. The van der Waals surface area contributed by atoms with Gasteiger partial charge in [-0.15, -0.1) is 0 Å². The smallest absolute Gasteiger partial charge is 0.320 e. The first-order valence-electron chi connectivity index (χ1n) is 11.7. The van der Waals surface area contributed by atoms with Crippen molar-refractivity contribution in [1.82, 2.24) is 9.21 Å². The number of carbonyl (C=O) groups excluding carboxylic acids is 1. The normalized spacial score (nSPS) is 26.6.